The lowest BCUT2D eigenvalue weighted by molar-refractivity contribution is 0.0948. The number of hydrogen-bond acceptors (Lipinski definition) is 2. The van der Waals surface area contributed by atoms with Gasteiger partial charge in [0, 0.05) is 12.6 Å². The molecule has 1 amide bonds. The van der Waals surface area contributed by atoms with E-state index < -0.39 is 5.82 Å². The van der Waals surface area contributed by atoms with E-state index in [0.29, 0.717) is 17.1 Å². The van der Waals surface area contributed by atoms with Crippen LogP contribution in [0.15, 0.2) is 22.7 Å². The first-order valence-electron chi connectivity index (χ1n) is 6.14. The Labute approximate surface area is 114 Å². The minimum Gasteiger partial charge on any atom is -0.352 e. The molecule has 1 heterocycles. The highest BCUT2D eigenvalue weighted by Crippen LogP contribution is 2.18. The molecule has 0 saturated carbocycles. The molecule has 0 bridgehead atoms. The standard InChI is InChI=1S/C13H16BrFN2O/c14-11-5-1-4-10(12(11)15)13(18)17-8-6-9-3-2-7-16-9/h1,4-5,9,16H,2-3,6-8H2,(H,17,18). The lowest BCUT2D eigenvalue weighted by atomic mass is 10.1. The minimum absolute atomic E-state index is 0.0868. The van der Waals surface area contributed by atoms with Gasteiger partial charge in [0.1, 0.15) is 5.82 Å². The van der Waals surface area contributed by atoms with Gasteiger partial charge in [0.2, 0.25) is 0 Å². The summed E-state index contributed by atoms with van der Waals surface area (Å²) in [6.07, 6.45) is 3.24. The fourth-order valence-electron chi connectivity index (χ4n) is 2.14. The van der Waals surface area contributed by atoms with Crippen LogP contribution in [-0.4, -0.2) is 25.0 Å². The third kappa shape index (κ3) is 3.29. The van der Waals surface area contributed by atoms with Crippen LogP contribution >= 0.6 is 15.9 Å². The lowest BCUT2D eigenvalue weighted by Gasteiger charge is -2.11. The number of halogens is 2. The van der Waals surface area contributed by atoms with Gasteiger partial charge in [0.25, 0.3) is 5.91 Å². The summed E-state index contributed by atoms with van der Waals surface area (Å²) in [5, 5.41) is 6.11. The van der Waals surface area contributed by atoms with Crippen molar-refractivity contribution in [2.24, 2.45) is 0 Å². The van der Waals surface area contributed by atoms with Crippen LogP contribution in [0.25, 0.3) is 0 Å². The lowest BCUT2D eigenvalue weighted by Crippen LogP contribution is -2.31. The second-order valence-electron chi connectivity index (χ2n) is 4.44. The molecule has 1 aliphatic heterocycles. The zero-order valence-electron chi connectivity index (χ0n) is 10.0. The highest BCUT2D eigenvalue weighted by Gasteiger charge is 2.16. The van der Waals surface area contributed by atoms with E-state index in [2.05, 4.69) is 26.6 Å². The second kappa shape index (κ2) is 6.29. The molecule has 1 unspecified atom stereocenters. The van der Waals surface area contributed by atoms with E-state index in [0.717, 1.165) is 19.4 Å². The maximum atomic E-state index is 13.7. The Hall–Kier alpha value is -0.940. The van der Waals surface area contributed by atoms with E-state index in [4.69, 9.17) is 0 Å². The van der Waals surface area contributed by atoms with E-state index >= 15 is 0 Å². The molecule has 1 atom stereocenters. The summed E-state index contributed by atoms with van der Waals surface area (Å²) in [7, 11) is 0. The first-order valence-corrected chi connectivity index (χ1v) is 6.93. The molecule has 3 nitrogen and oxygen atoms in total. The Bertz CT molecular complexity index is 433. The molecule has 1 aromatic rings. The Morgan fingerprint density at radius 2 is 2.39 bits per heavy atom. The molecule has 0 spiro atoms. The summed E-state index contributed by atoms with van der Waals surface area (Å²) >= 11 is 3.07. The number of nitrogens with one attached hydrogen (secondary N) is 2. The Morgan fingerprint density at radius 1 is 1.56 bits per heavy atom. The Balaban J connectivity index is 1.85. The fourth-order valence-corrected chi connectivity index (χ4v) is 2.50. The molecule has 2 rings (SSSR count). The normalized spacial score (nSPS) is 18.9. The van der Waals surface area contributed by atoms with Gasteiger partial charge >= 0.3 is 0 Å². The first kappa shape index (κ1) is 13.5. The monoisotopic (exact) mass is 314 g/mol. The largest absolute Gasteiger partial charge is 0.352 e. The molecule has 1 aliphatic rings. The Kier molecular flexibility index (Phi) is 4.72. The molecule has 1 fully saturated rings. The Morgan fingerprint density at radius 3 is 3.11 bits per heavy atom. The van der Waals surface area contributed by atoms with E-state index in [-0.39, 0.29) is 11.5 Å². The predicted molar refractivity (Wildman–Crippen MR) is 72.1 cm³/mol. The van der Waals surface area contributed by atoms with E-state index in [1.54, 1.807) is 12.1 Å². The molecule has 0 radical (unpaired) electrons. The van der Waals surface area contributed by atoms with Crippen molar-refractivity contribution in [3.8, 4) is 0 Å². The van der Waals surface area contributed by atoms with Gasteiger partial charge in [0.05, 0.1) is 10.0 Å². The quantitative estimate of drug-likeness (QED) is 0.896. The number of benzene rings is 1. The van der Waals surface area contributed by atoms with Crippen LogP contribution in [0.4, 0.5) is 4.39 Å². The van der Waals surface area contributed by atoms with Crippen molar-refractivity contribution in [1.29, 1.82) is 0 Å². The zero-order valence-corrected chi connectivity index (χ0v) is 11.6. The maximum Gasteiger partial charge on any atom is 0.254 e. The molecule has 18 heavy (non-hydrogen) atoms. The van der Waals surface area contributed by atoms with Gasteiger partial charge < -0.3 is 10.6 Å². The summed E-state index contributed by atoms with van der Waals surface area (Å²) in [6.45, 7) is 1.63. The van der Waals surface area contributed by atoms with Gasteiger partial charge in [-0.05, 0) is 53.9 Å². The van der Waals surface area contributed by atoms with Crippen LogP contribution in [0.5, 0.6) is 0 Å². The molecule has 1 saturated heterocycles. The van der Waals surface area contributed by atoms with Gasteiger partial charge in [-0.2, -0.15) is 0 Å². The molecule has 98 valence electrons. The molecule has 5 heteroatoms. The highest BCUT2D eigenvalue weighted by atomic mass is 79.9. The van der Waals surface area contributed by atoms with Crippen LogP contribution in [-0.2, 0) is 0 Å². The SMILES string of the molecule is O=C(NCCC1CCCN1)c1cccc(Br)c1F. The van der Waals surface area contributed by atoms with Crippen molar-refractivity contribution in [2.45, 2.75) is 25.3 Å². The summed E-state index contributed by atoms with van der Waals surface area (Å²) in [5.74, 6) is -0.860. The summed E-state index contributed by atoms with van der Waals surface area (Å²) < 4.78 is 14.0. The number of rotatable bonds is 4. The van der Waals surface area contributed by atoms with E-state index in [9.17, 15) is 9.18 Å². The van der Waals surface area contributed by atoms with Gasteiger partial charge in [-0.3, -0.25) is 4.79 Å². The summed E-state index contributed by atoms with van der Waals surface area (Å²) in [5.41, 5.74) is 0.0868. The van der Waals surface area contributed by atoms with E-state index in [1.165, 1.54) is 12.5 Å². The minimum atomic E-state index is -0.506. The zero-order chi connectivity index (χ0) is 13.0. The topological polar surface area (TPSA) is 41.1 Å². The molecule has 0 aromatic heterocycles. The third-order valence-electron chi connectivity index (χ3n) is 3.14. The molecule has 2 N–H and O–H groups in total. The van der Waals surface area contributed by atoms with Crippen molar-refractivity contribution in [2.75, 3.05) is 13.1 Å². The van der Waals surface area contributed by atoms with Gasteiger partial charge in [-0.15, -0.1) is 0 Å². The van der Waals surface area contributed by atoms with Crippen molar-refractivity contribution in [3.05, 3.63) is 34.1 Å². The molecular weight excluding hydrogens is 299 g/mol. The molecule has 1 aromatic carbocycles. The second-order valence-corrected chi connectivity index (χ2v) is 5.29. The predicted octanol–water partition coefficient (Wildman–Crippen LogP) is 2.46. The number of amides is 1. The smallest absolute Gasteiger partial charge is 0.254 e. The molecule has 0 aliphatic carbocycles. The van der Waals surface area contributed by atoms with Crippen LogP contribution in [0.1, 0.15) is 29.6 Å². The first-order chi connectivity index (χ1) is 8.68. The summed E-state index contributed by atoms with van der Waals surface area (Å²) in [6, 6.07) is 5.20. The average Bonchev–Trinajstić information content (AvgIpc) is 2.85. The maximum absolute atomic E-state index is 13.7. The van der Waals surface area contributed by atoms with Gasteiger partial charge in [0.15, 0.2) is 0 Å². The average molecular weight is 315 g/mol. The fraction of sp³-hybridized carbons (Fsp3) is 0.462. The van der Waals surface area contributed by atoms with Crippen LogP contribution in [0.2, 0.25) is 0 Å². The highest BCUT2D eigenvalue weighted by molar-refractivity contribution is 9.10. The number of carbonyl (C=O) groups excluding carboxylic acids is 1. The van der Waals surface area contributed by atoms with Crippen LogP contribution < -0.4 is 10.6 Å². The number of hydrogen-bond donors (Lipinski definition) is 2. The third-order valence-corrected chi connectivity index (χ3v) is 3.75. The number of carbonyl (C=O) groups is 1. The van der Waals surface area contributed by atoms with Gasteiger partial charge in [-0.25, -0.2) is 4.39 Å². The van der Waals surface area contributed by atoms with Gasteiger partial charge in [-0.1, -0.05) is 6.07 Å². The van der Waals surface area contributed by atoms with Crippen molar-refractivity contribution >= 4 is 21.8 Å². The van der Waals surface area contributed by atoms with Crippen molar-refractivity contribution in [1.82, 2.24) is 10.6 Å². The van der Waals surface area contributed by atoms with E-state index in [1.807, 2.05) is 0 Å². The molecular formula is C13H16BrFN2O. The van der Waals surface area contributed by atoms with Crippen molar-refractivity contribution in [3.63, 3.8) is 0 Å². The van der Waals surface area contributed by atoms with Crippen LogP contribution in [0.3, 0.4) is 0 Å². The van der Waals surface area contributed by atoms with Crippen LogP contribution in [0, 0.1) is 5.82 Å². The summed E-state index contributed by atoms with van der Waals surface area (Å²) in [4.78, 5) is 11.8. The van der Waals surface area contributed by atoms with Crippen molar-refractivity contribution < 1.29 is 9.18 Å².